The highest BCUT2D eigenvalue weighted by molar-refractivity contribution is 6.19. The molecular formula is C24H23N5O3. The second-order valence-corrected chi connectivity index (χ2v) is 8.00. The Morgan fingerprint density at radius 3 is 2.59 bits per heavy atom. The number of para-hydroxylation sites is 2. The van der Waals surface area contributed by atoms with Crippen LogP contribution in [0.2, 0.25) is 0 Å². The van der Waals surface area contributed by atoms with Gasteiger partial charge in [-0.1, -0.05) is 36.4 Å². The molecule has 4 amide bonds. The number of hydrogen-bond acceptors (Lipinski definition) is 4. The quantitative estimate of drug-likeness (QED) is 0.665. The molecule has 32 heavy (non-hydrogen) atoms. The number of rotatable bonds is 4. The van der Waals surface area contributed by atoms with E-state index in [1.807, 2.05) is 24.4 Å². The number of anilines is 2. The van der Waals surface area contributed by atoms with Crippen LogP contribution >= 0.6 is 0 Å². The SMILES string of the molecule is O=C(Nc1ccccc1-c1cn2c(n1)CCCC2)C1CC(=O)N(c2ccccc2)C(=O)N1. The molecule has 5 rings (SSSR count). The number of amides is 4. The minimum absolute atomic E-state index is 0.118. The number of fused-ring (bicyclic) bond motifs is 1. The molecule has 0 spiro atoms. The van der Waals surface area contributed by atoms with Crippen LogP contribution in [0.3, 0.4) is 0 Å². The van der Waals surface area contributed by atoms with Gasteiger partial charge in [0.25, 0.3) is 0 Å². The molecule has 0 radical (unpaired) electrons. The lowest BCUT2D eigenvalue weighted by molar-refractivity contribution is -0.124. The highest BCUT2D eigenvalue weighted by Crippen LogP contribution is 2.29. The molecular weight excluding hydrogens is 406 g/mol. The molecule has 2 aliphatic heterocycles. The van der Waals surface area contributed by atoms with Gasteiger partial charge in [0.2, 0.25) is 11.8 Å². The Balaban J connectivity index is 1.34. The van der Waals surface area contributed by atoms with Gasteiger partial charge in [0.15, 0.2) is 0 Å². The number of imidazole rings is 1. The third-order valence-corrected chi connectivity index (χ3v) is 5.83. The smallest absolute Gasteiger partial charge is 0.329 e. The van der Waals surface area contributed by atoms with Gasteiger partial charge in [-0.25, -0.2) is 14.7 Å². The molecule has 3 aromatic rings. The lowest BCUT2D eigenvalue weighted by Gasteiger charge is -2.30. The summed E-state index contributed by atoms with van der Waals surface area (Å²) < 4.78 is 2.16. The van der Waals surface area contributed by atoms with Gasteiger partial charge in [-0.3, -0.25) is 9.59 Å². The van der Waals surface area contributed by atoms with Crippen molar-refractivity contribution < 1.29 is 14.4 Å². The number of nitrogens with zero attached hydrogens (tertiary/aromatic N) is 3. The first kappa shape index (κ1) is 20.0. The average Bonchev–Trinajstić information content (AvgIpc) is 3.24. The number of carbonyl (C=O) groups is 3. The van der Waals surface area contributed by atoms with Crippen molar-refractivity contribution in [2.45, 2.75) is 38.3 Å². The molecule has 2 aliphatic rings. The molecule has 8 nitrogen and oxygen atoms in total. The summed E-state index contributed by atoms with van der Waals surface area (Å²) in [4.78, 5) is 44.0. The molecule has 0 saturated carbocycles. The summed E-state index contributed by atoms with van der Waals surface area (Å²) in [5.41, 5.74) is 2.68. The number of carbonyl (C=O) groups excluding carboxylic acids is 3. The van der Waals surface area contributed by atoms with E-state index in [2.05, 4.69) is 15.2 Å². The highest BCUT2D eigenvalue weighted by Gasteiger charge is 2.36. The van der Waals surface area contributed by atoms with Gasteiger partial charge < -0.3 is 15.2 Å². The van der Waals surface area contributed by atoms with Gasteiger partial charge in [0, 0.05) is 24.7 Å². The van der Waals surface area contributed by atoms with Gasteiger partial charge >= 0.3 is 6.03 Å². The first-order valence-electron chi connectivity index (χ1n) is 10.7. The molecule has 0 aliphatic carbocycles. The molecule has 1 atom stereocenters. The summed E-state index contributed by atoms with van der Waals surface area (Å²) in [6.07, 6.45) is 5.11. The molecule has 8 heteroatoms. The number of aromatic nitrogens is 2. The lowest BCUT2D eigenvalue weighted by atomic mass is 10.1. The predicted molar refractivity (Wildman–Crippen MR) is 120 cm³/mol. The van der Waals surface area contributed by atoms with Crippen molar-refractivity contribution in [1.82, 2.24) is 14.9 Å². The first-order valence-corrected chi connectivity index (χ1v) is 10.7. The van der Waals surface area contributed by atoms with Crippen molar-refractivity contribution in [3.63, 3.8) is 0 Å². The number of nitrogens with one attached hydrogen (secondary N) is 2. The largest absolute Gasteiger partial charge is 0.334 e. The van der Waals surface area contributed by atoms with E-state index in [9.17, 15) is 14.4 Å². The van der Waals surface area contributed by atoms with Crippen LogP contribution in [0.15, 0.2) is 60.8 Å². The van der Waals surface area contributed by atoms with Crippen LogP contribution in [0.1, 0.15) is 25.1 Å². The normalized spacial score (nSPS) is 18.1. The van der Waals surface area contributed by atoms with Gasteiger partial charge in [-0.15, -0.1) is 0 Å². The van der Waals surface area contributed by atoms with Crippen LogP contribution in [0, 0.1) is 0 Å². The molecule has 3 heterocycles. The number of hydrogen-bond donors (Lipinski definition) is 2. The summed E-state index contributed by atoms with van der Waals surface area (Å²) in [5.74, 6) is 0.199. The van der Waals surface area contributed by atoms with E-state index in [1.54, 1.807) is 36.4 Å². The van der Waals surface area contributed by atoms with Crippen LogP contribution in [0.4, 0.5) is 16.2 Å². The maximum atomic E-state index is 13.0. The molecule has 162 valence electrons. The Morgan fingerprint density at radius 2 is 1.81 bits per heavy atom. The van der Waals surface area contributed by atoms with E-state index in [4.69, 9.17) is 4.98 Å². The molecule has 2 N–H and O–H groups in total. The van der Waals surface area contributed by atoms with Crippen molar-refractivity contribution in [2.75, 3.05) is 10.2 Å². The van der Waals surface area contributed by atoms with Crippen LogP contribution < -0.4 is 15.5 Å². The number of aryl methyl sites for hydroxylation is 2. The van der Waals surface area contributed by atoms with Crippen LogP contribution in [0.25, 0.3) is 11.3 Å². The van der Waals surface area contributed by atoms with Gasteiger partial charge in [0.05, 0.1) is 23.5 Å². The predicted octanol–water partition coefficient (Wildman–Crippen LogP) is 3.34. The monoisotopic (exact) mass is 429 g/mol. The standard InChI is InChI=1S/C24H23N5O3/c30-22-14-19(27-24(32)29(22)16-8-2-1-3-9-16)23(31)26-18-11-5-4-10-17(18)20-15-28-13-7-6-12-21(28)25-20/h1-5,8-11,15,19H,6-7,12-14H2,(H,26,31)(H,27,32). The van der Waals surface area contributed by atoms with E-state index in [1.165, 1.54) is 0 Å². The number of benzene rings is 2. The Kier molecular flexibility index (Phi) is 5.18. The second-order valence-electron chi connectivity index (χ2n) is 8.00. The molecule has 2 aromatic carbocycles. The average molecular weight is 429 g/mol. The highest BCUT2D eigenvalue weighted by atomic mass is 16.2. The molecule has 1 fully saturated rings. The zero-order valence-corrected chi connectivity index (χ0v) is 17.5. The lowest BCUT2D eigenvalue weighted by Crippen LogP contribution is -2.58. The maximum absolute atomic E-state index is 13.0. The fraction of sp³-hybridized carbons (Fsp3) is 0.250. The summed E-state index contributed by atoms with van der Waals surface area (Å²) in [5, 5.41) is 5.53. The molecule has 0 bridgehead atoms. The van der Waals surface area contributed by atoms with Gasteiger partial charge in [0.1, 0.15) is 11.9 Å². The van der Waals surface area contributed by atoms with Gasteiger partial charge in [-0.2, -0.15) is 0 Å². The topological polar surface area (TPSA) is 96.3 Å². The van der Waals surface area contributed by atoms with Crippen molar-refractivity contribution in [3.8, 4) is 11.3 Å². The Bertz CT molecular complexity index is 1150. The minimum Gasteiger partial charge on any atom is -0.334 e. The fourth-order valence-corrected chi connectivity index (χ4v) is 4.22. The van der Waals surface area contributed by atoms with Crippen molar-refractivity contribution in [3.05, 3.63) is 66.6 Å². The van der Waals surface area contributed by atoms with Gasteiger partial charge in [-0.05, 0) is 31.0 Å². The van der Waals surface area contributed by atoms with Crippen molar-refractivity contribution in [2.24, 2.45) is 0 Å². The van der Waals surface area contributed by atoms with Crippen LogP contribution in [-0.2, 0) is 22.6 Å². The van der Waals surface area contributed by atoms with Crippen LogP contribution in [0.5, 0.6) is 0 Å². The summed E-state index contributed by atoms with van der Waals surface area (Å²) >= 11 is 0. The Labute approximate surface area is 185 Å². The molecule has 1 saturated heterocycles. The third kappa shape index (κ3) is 3.75. The van der Waals surface area contributed by atoms with Crippen molar-refractivity contribution in [1.29, 1.82) is 0 Å². The summed E-state index contributed by atoms with van der Waals surface area (Å²) in [7, 11) is 0. The second kappa shape index (κ2) is 8.30. The van der Waals surface area contributed by atoms with E-state index < -0.39 is 23.9 Å². The Hall–Kier alpha value is -3.94. The first-order chi connectivity index (χ1) is 15.6. The zero-order chi connectivity index (χ0) is 22.1. The fourth-order valence-electron chi connectivity index (χ4n) is 4.22. The maximum Gasteiger partial charge on any atom is 0.329 e. The minimum atomic E-state index is -0.946. The number of urea groups is 1. The van der Waals surface area contributed by atoms with Crippen LogP contribution in [-0.4, -0.2) is 33.4 Å². The molecule has 1 aromatic heterocycles. The van der Waals surface area contributed by atoms with E-state index in [-0.39, 0.29) is 6.42 Å². The zero-order valence-electron chi connectivity index (χ0n) is 17.5. The third-order valence-electron chi connectivity index (χ3n) is 5.83. The number of imide groups is 1. The van der Waals surface area contributed by atoms with E-state index in [0.29, 0.717) is 11.4 Å². The van der Waals surface area contributed by atoms with E-state index >= 15 is 0 Å². The summed E-state index contributed by atoms with van der Waals surface area (Å²) in [6, 6.07) is 14.5. The van der Waals surface area contributed by atoms with E-state index in [0.717, 1.165) is 47.8 Å². The Morgan fingerprint density at radius 1 is 1.03 bits per heavy atom. The van der Waals surface area contributed by atoms with Crippen molar-refractivity contribution >= 4 is 29.2 Å². The molecule has 1 unspecified atom stereocenters. The summed E-state index contributed by atoms with van der Waals surface area (Å²) in [6.45, 7) is 0.949.